The number of sulfonamides is 1. The lowest BCUT2D eigenvalue weighted by Crippen LogP contribution is -2.26. The fraction of sp³-hybridized carbons (Fsp3) is 0.208. The summed E-state index contributed by atoms with van der Waals surface area (Å²) in [5, 5.41) is 2.76. The van der Waals surface area contributed by atoms with Gasteiger partial charge in [-0.2, -0.15) is 0 Å². The Bertz CT molecular complexity index is 1160. The number of hydrogen-bond acceptors (Lipinski definition) is 5. The lowest BCUT2D eigenvalue weighted by molar-refractivity contribution is -0.118. The zero-order valence-corrected chi connectivity index (χ0v) is 19.1. The molecule has 0 spiro atoms. The van der Waals surface area contributed by atoms with E-state index in [4.69, 9.17) is 9.47 Å². The Balaban J connectivity index is 1.61. The summed E-state index contributed by atoms with van der Waals surface area (Å²) >= 11 is 0. The van der Waals surface area contributed by atoms with Gasteiger partial charge in [0.15, 0.2) is 6.61 Å². The van der Waals surface area contributed by atoms with Crippen molar-refractivity contribution in [2.45, 2.75) is 18.7 Å². The Morgan fingerprint density at radius 2 is 1.59 bits per heavy atom. The molecule has 0 atom stereocenters. The molecular formula is C24H26N2O5S. The first-order chi connectivity index (χ1) is 15.3. The second-order valence-electron chi connectivity index (χ2n) is 7.05. The molecule has 32 heavy (non-hydrogen) atoms. The average Bonchev–Trinajstić information content (AvgIpc) is 2.79. The molecule has 0 saturated carbocycles. The highest BCUT2D eigenvalue weighted by molar-refractivity contribution is 7.92. The molecule has 0 aliphatic carbocycles. The predicted molar refractivity (Wildman–Crippen MR) is 125 cm³/mol. The number of carbonyl (C=O) groups is 1. The van der Waals surface area contributed by atoms with Crippen molar-refractivity contribution in [3.05, 3.63) is 78.4 Å². The number of anilines is 2. The van der Waals surface area contributed by atoms with Gasteiger partial charge < -0.3 is 14.8 Å². The first-order valence-corrected chi connectivity index (χ1v) is 11.6. The summed E-state index contributed by atoms with van der Waals surface area (Å²) in [6, 6.07) is 20.4. The maximum Gasteiger partial charge on any atom is 0.264 e. The number of amides is 1. The van der Waals surface area contributed by atoms with Gasteiger partial charge in [-0.25, -0.2) is 8.42 Å². The molecule has 0 aromatic heterocycles. The summed E-state index contributed by atoms with van der Waals surface area (Å²) in [5.74, 6) is 0.703. The number of nitrogens with zero attached hydrogens (tertiary/aromatic N) is 1. The molecule has 0 radical (unpaired) electrons. The van der Waals surface area contributed by atoms with Crippen LogP contribution in [0, 0.1) is 6.92 Å². The average molecular weight is 455 g/mol. The van der Waals surface area contributed by atoms with E-state index < -0.39 is 10.0 Å². The fourth-order valence-electron chi connectivity index (χ4n) is 2.95. The monoisotopic (exact) mass is 454 g/mol. The maximum atomic E-state index is 12.8. The number of para-hydroxylation sites is 2. The fourth-order valence-corrected chi connectivity index (χ4v) is 4.14. The molecule has 1 amide bonds. The van der Waals surface area contributed by atoms with Crippen LogP contribution in [0.1, 0.15) is 12.5 Å². The minimum atomic E-state index is -3.67. The zero-order chi connectivity index (χ0) is 23.1. The van der Waals surface area contributed by atoms with Gasteiger partial charge in [-0.1, -0.05) is 29.8 Å². The van der Waals surface area contributed by atoms with Crippen molar-refractivity contribution in [3.63, 3.8) is 0 Å². The number of carbonyl (C=O) groups excluding carboxylic acids is 1. The molecule has 3 aromatic rings. The van der Waals surface area contributed by atoms with Crippen LogP contribution >= 0.6 is 0 Å². The normalized spacial score (nSPS) is 11.0. The summed E-state index contributed by atoms with van der Waals surface area (Å²) in [7, 11) is -2.18. The quantitative estimate of drug-likeness (QED) is 0.523. The van der Waals surface area contributed by atoms with E-state index in [1.165, 1.54) is 11.4 Å². The minimum Gasteiger partial charge on any atom is -0.492 e. The standard InChI is InChI=1S/C24H26N2O5S/c1-4-30-23-8-6-5-7-22(23)25-24(27)17-31-20-13-11-19(12-14-20)26(3)32(28,29)21-15-9-18(2)10-16-21/h5-16H,4,17H2,1-3H3,(H,25,27). The van der Waals surface area contributed by atoms with Gasteiger partial charge in [-0.15, -0.1) is 0 Å². The van der Waals surface area contributed by atoms with Crippen molar-refractivity contribution in [1.29, 1.82) is 0 Å². The maximum absolute atomic E-state index is 12.8. The molecule has 0 aliphatic rings. The number of nitrogens with one attached hydrogen (secondary N) is 1. The molecule has 0 saturated heterocycles. The van der Waals surface area contributed by atoms with E-state index >= 15 is 0 Å². The van der Waals surface area contributed by atoms with Crippen molar-refractivity contribution in [3.8, 4) is 11.5 Å². The van der Waals surface area contributed by atoms with Crippen molar-refractivity contribution in [1.82, 2.24) is 0 Å². The van der Waals surface area contributed by atoms with E-state index in [0.29, 0.717) is 29.5 Å². The van der Waals surface area contributed by atoms with Crippen LogP contribution in [0.2, 0.25) is 0 Å². The van der Waals surface area contributed by atoms with E-state index in [9.17, 15) is 13.2 Å². The number of hydrogen-bond donors (Lipinski definition) is 1. The molecule has 3 aromatic carbocycles. The van der Waals surface area contributed by atoms with Gasteiger partial charge >= 0.3 is 0 Å². The van der Waals surface area contributed by atoms with E-state index in [1.807, 2.05) is 19.9 Å². The van der Waals surface area contributed by atoms with Crippen LogP contribution in [0.25, 0.3) is 0 Å². The van der Waals surface area contributed by atoms with Crippen molar-refractivity contribution in [2.24, 2.45) is 0 Å². The lowest BCUT2D eigenvalue weighted by Gasteiger charge is -2.20. The first-order valence-electron chi connectivity index (χ1n) is 10.1. The largest absolute Gasteiger partial charge is 0.492 e. The summed E-state index contributed by atoms with van der Waals surface area (Å²) in [5.41, 5.74) is 2.03. The Morgan fingerprint density at radius 3 is 2.25 bits per heavy atom. The molecule has 3 rings (SSSR count). The molecule has 8 heteroatoms. The molecule has 168 valence electrons. The molecular weight excluding hydrogens is 428 g/mol. The van der Waals surface area contributed by atoms with E-state index in [1.54, 1.807) is 66.7 Å². The number of aryl methyl sites for hydroxylation is 1. The lowest BCUT2D eigenvalue weighted by atomic mass is 10.2. The third-order valence-electron chi connectivity index (χ3n) is 4.71. The van der Waals surface area contributed by atoms with E-state index in [2.05, 4.69) is 5.32 Å². The number of benzene rings is 3. The highest BCUT2D eigenvalue weighted by atomic mass is 32.2. The molecule has 0 unspecified atom stereocenters. The van der Waals surface area contributed by atoms with Gasteiger partial charge in [0.25, 0.3) is 15.9 Å². The van der Waals surface area contributed by atoms with Gasteiger partial charge in [-0.3, -0.25) is 9.10 Å². The molecule has 0 heterocycles. The first kappa shape index (κ1) is 23.1. The Hall–Kier alpha value is -3.52. The second-order valence-corrected chi connectivity index (χ2v) is 9.01. The van der Waals surface area contributed by atoms with Gasteiger partial charge in [-0.05, 0) is 62.4 Å². The minimum absolute atomic E-state index is 0.197. The number of ether oxygens (including phenoxy) is 2. The van der Waals surface area contributed by atoms with Crippen molar-refractivity contribution in [2.75, 3.05) is 29.9 Å². The SMILES string of the molecule is CCOc1ccccc1NC(=O)COc1ccc(N(C)S(=O)(=O)c2ccc(C)cc2)cc1. The second kappa shape index (κ2) is 10.2. The number of rotatable bonds is 9. The highest BCUT2D eigenvalue weighted by Gasteiger charge is 2.21. The topological polar surface area (TPSA) is 84.9 Å². The Morgan fingerprint density at radius 1 is 0.938 bits per heavy atom. The molecule has 0 aliphatic heterocycles. The predicted octanol–water partition coefficient (Wildman–Crippen LogP) is 4.24. The van der Waals surface area contributed by atoms with E-state index in [-0.39, 0.29) is 17.4 Å². The van der Waals surface area contributed by atoms with Crippen LogP contribution < -0.4 is 19.1 Å². The Kier molecular flexibility index (Phi) is 7.37. The molecule has 0 bridgehead atoms. The van der Waals surface area contributed by atoms with Crippen LogP contribution in [0.4, 0.5) is 11.4 Å². The van der Waals surface area contributed by atoms with Crippen molar-refractivity contribution < 1.29 is 22.7 Å². The molecule has 0 fully saturated rings. The van der Waals surface area contributed by atoms with Gasteiger partial charge in [0.2, 0.25) is 0 Å². The van der Waals surface area contributed by atoms with Crippen LogP contribution in [0.3, 0.4) is 0 Å². The summed E-state index contributed by atoms with van der Waals surface area (Å²) in [6.07, 6.45) is 0. The van der Waals surface area contributed by atoms with Crippen molar-refractivity contribution >= 4 is 27.3 Å². The van der Waals surface area contributed by atoms with E-state index in [0.717, 1.165) is 5.56 Å². The third kappa shape index (κ3) is 5.59. The summed E-state index contributed by atoms with van der Waals surface area (Å²) < 4.78 is 37.9. The smallest absolute Gasteiger partial charge is 0.264 e. The van der Waals surface area contributed by atoms with Gasteiger partial charge in [0.1, 0.15) is 11.5 Å². The molecule has 1 N–H and O–H groups in total. The van der Waals surface area contributed by atoms with Gasteiger partial charge in [0.05, 0.1) is 22.9 Å². The van der Waals surface area contributed by atoms with Crippen LogP contribution in [-0.2, 0) is 14.8 Å². The van der Waals surface area contributed by atoms with Gasteiger partial charge in [0, 0.05) is 7.05 Å². The summed E-state index contributed by atoms with van der Waals surface area (Å²) in [6.45, 7) is 4.06. The van der Waals surface area contributed by atoms with Crippen LogP contribution in [0.5, 0.6) is 11.5 Å². The Labute approximate surface area is 188 Å². The third-order valence-corrected chi connectivity index (χ3v) is 6.51. The molecule has 7 nitrogen and oxygen atoms in total. The van der Waals surface area contributed by atoms with Crippen LogP contribution in [0.15, 0.2) is 77.7 Å². The highest BCUT2D eigenvalue weighted by Crippen LogP contribution is 2.25. The zero-order valence-electron chi connectivity index (χ0n) is 18.2. The van der Waals surface area contributed by atoms with Crippen LogP contribution in [-0.4, -0.2) is 34.6 Å². The summed E-state index contributed by atoms with van der Waals surface area (Å²) in [4.78, 5) is 12.5.